The zero-order valence-electron chi connectivity index (χ0n) is 15.5. The summed E-state index contributed by atoms with van der Waals surface area (Å²) >= 11 is 0. The smallest absolute Gasteiger partial charge is 0.255 e. The maximum absolute atomic E-state index is 12.3. The minimum atomic E-state index is -0.195. The summed E-state index contributed by atoms with van der Waals surface area (Å²) in [6.45, 7) is 10.3. The van der Waals surface area contributed by atoms with Crippen molar-refractivity contribution in [2.24, 2.45) is 0 Å². The Hall–Kier alpha value is -2.62. The van der Waals surface area contributed by atoms with E-state index in [1.807, 2.05) is 38.1 Å². The molecule has 0 aliphatic carbocycles. The number of carbonyl (C=O) groups is 2. The summed E-state index contributed by atoms with van der Waals surface area (Å²) in [7, 11) is 0. The molecular formula is C21H26N2O2. The molecule has 0 aromatic heterocycles. The highest BCUT2D eigenvalue weighted by atomic mass is 16.2. The van der Waals surface area contributed by atoms with Gasteiger partial charge in [-0.15, -0.1) is 0 Å². The number of benzene rings is 2. The second-order valence-corrected chi connectivity index (χ2v) is 7.49. The second-order valence-electron chi connectivity index (χ2n) is 7.49. The average molecular weight is 338 g/mol. The Balaban J connectivity index is 2.04. The first-order valence-electron chi connectivity index (χ1n) is 8.49. The molecule has 0 spiro atoms. The predicted octanol–water partition coefficient (Wildman–Crippen LogP) is 4.37. The monoisotopic (exact) mass is 338 g/mol. The largest absolute Gasteiger partial charge is 0.350 e. The van der Waals surface area contributed by atoms with Crippen molar-refractivity contribution in [3.63, 3.8) is 0 Å². The molecular weight excluding hydrogens is 312 g/mol. The van der Waals surface area contributed by atoms with Crippen molar-refractivity contribution < 1.29 is 9.59 Å². The van der Waals surface area contributed by atoms with Crippen LogP contribution < -0.4 is 10.6 Å². The first kappa shape index (κ1) is 18.7. The topological polar surface area (TPSA) is 58.2 Å². The third-order valence-corrected chi connectivity index (χ3v) is 3.84. The van der Waals surface area contributed by atoms with Gasteiger partial charge in [0.1, 0.15) is 0 Å². The number of rotatable bonds is 4. The van der Waals surface area contributed by atoms with Crippen LogP contribution in [-0.4, -0.2) is 17.9 Å². The number of amides is 2. The molecule has 25 heavy (non-hydrogen) atoms. The number of hydrogen-bond acceptors (Lipinski definition) is 2. The Morgan fingerprint density at radius 1 is 0.800 bits per heavy atom. The Morgan fingerprint density at radius 2 is 1.28 bits per heavy atom. The van der Waals surface area contributed by atoms with E-state index in [0.717, 1.165) is 5.69 Å². The van der Waals surface area contributed by atoms with E-state index in [-0.39, 0.29) is 23.3 Å². The second kappa shape index (κ2) is 7.51. The molecule has 2 N–H and O–H groups in total. The number of carbonyl (C=O) groups excluding carboxylic acids is 2. The molecule has 2 aromatic rings. The summed E-state index contributed by atoms with van der Waals surface area (Å²) < 4.78 is 0. The highest BCUT2D eigenvalue weighted by Gasteiger charge is 2.14. The zero-order valence-corrected chi connectivity index (χ0v) is 15.5. The molecule has 0 saturated heterocycles. The van der Waals surface area contributed by atoms with Gasteiger partial charge in [0.2, 0.25) is 0 Å². The van der Waals surface area contributed by atoms with Gasteiger partial charge in [-0.25, -0.2) is 0 Å². The quantitative estimate of drug-likeness (QED) is 0.869. The minimum absolute atomic E-state index is 0.0755. The molecule has 4 nitrogen and oxygen atoms in total. The lowest BCUT2D eigenvalue weighted by Crippen LogP contribution is -2.30. The van der Waals surface area contributed by atoms with Crippen LogP contribution in [0.2, 0.25) is 0 Å². The summed E-state index contributed by atoms with van der Waals surface area (Å²) in [5.41, 5.74) is 3.10. The fraction of sp³-hybridized carbons (Fsp3) is 0.333. The molecule has 0 fully saturated rings. The fourth-order valence-electron chi connectivity index (χ4n) is 2.38. The van der Waals surface area contributed by atoms with Crippen LogP contribution in [0.4, 0.5) is 5.69 Å². The molecule has 0 heterocycles. The van der Waals surface area contributed by atoms with Gasteiger partial charge >= 0.3 is 0 Å². The summed E-state index contributed by atoms with van der Waals surface area (Å²) in [5, 5.41) is 5.70. The Bertz CT molecular complexity index is 739. The summed E-state index contributed by atoms with van der Waals surface area (Å²) in [6, 6.07) is 14.6. The Morgan fingerprint density at radius 3 is 1.72 bits per heavy atom. The van der Waals surface area contributed by atoms with Crippen molar-refractivity contribution in [2.45, 2.75) is 46.1 Å². The lowest BCUT2D eigenvalue weighted by molar-refractivity contribution is 0.0941. The van der Waals surface area contributed by atoms with Crippen molar-refractivity contribution >= 4 is 17.5 Å². The molecule has 4 heteroatoms. The normalized spacial score (nSPS) is 11.3. The molecule has 0 aliphatic rings. The standard InChI is InChI=1S/C21H26N2O2/c1-14(2)22-19(24)15-6-8-16(9-7-15)20(25)23-18-12-10-17(11-13-18)21(3,4)5/h6-14H,1-5H3,(H,22,24)(H,23,25). The molecule has 0 bridgehead atoms. The maximum atomic E-state index is 12.3. The van der Waals surface area contributed by atoms with E-state index in [2.05, 4.69) is 31.4 Å². The lowest BCUT2D eigenvalue weighted by Gasteiger charge is -2.19. The van der Waals surface area contributed by atoms with Crippen molar-refractivity contribution in [3.05, 3.63) is 65.2 Å². The first-order valence-corrected chi connectivity index (χ1v) is 8.49. The molecule has 0 atom stereocenters. The highest BCUT2D eigenvalue weighted by Crippen LogP contribution is 2.23. The molecule has 132 valence electrons. The fourth-order valence-corrected chi connectivity index (χ4v) is 2.38. The van der Waals surface area contributed by atoms with E-state index >= 15 is 0 Å². The minimum Gasteiger partial charge on any atom is -0.350 e. The SMILES string of the molecule is CC(C)NC(=O)c1ccc(C(=O)Nc2ccc(C(C)(C)C)cc2)cc1. The van der Waals surface area contributed by atoms with Gasteiger partial charge in [0.25, 0.3) is 11.8 Å². The van der Waals surface area contributed by atoms with E-state index in [4.69, 9.17) is 0 Å². The average Bonchev–Trinajstić information content (AvgIpc) is 2.54. The van der Waals surface area contributed by atoms with Crippen molar-refractivity contribution in [1.82, 2.24) is 5.32 Å². The molecule has 0 saturated carbocycles. The van der Waals surface area contributed by atoms with Gasteiger partial charge in [-0.1, -0.05) is 32.9 Å². The Kier molecular flexibility index (Phi) is 5.62. The summed E-state index contributed by atoms with van der Waals surface area (Å²) in [6.07, 6.45) is 0. The van der Waals surface area contributed by atoms with Gasteiger partial charge in [-0.2, -0.15) is 0 Å². The maximum Gasteiger partial charge on any atom is 0.255 e. The van der Waals surface area contributed by atoms with Crippen LogP contribution in [0.25, 0.3) is 0 Å². The van der Waals surface area contributed by atoms with E-state index in [1.165, 1.54) is 5.56 Å². The van der Waals surface area contributed by atoms with Gasteiger partial charge in [-0.05, 0) is 61.2 Å². The molecule has 0 aliphatic heterocycles. The van der Waals surface area contributed by atoms with Crippen molar-refractivity contribution in [1.29, 1.82) is 0 Å². The predicted molar refractivity (Wildman–Crippen MR) is 102 cm³/mol. The van der Waals surface area contributed by atoms with Gasteiger partial charge in [0.05, 0.1) is 0 Å². The van der Waals surface area contributed by atoms with Gasteiger partial charge in [-0.3, -0.25) is 9.59 Å². The number of nitrogens with one attached hydrogen (secondary N) is 2. The van der Waals surface area contributed by atoms with Crippen LogP contribution in [0.3, 0.4) is 0 Å². The molecule has 0 unspecified atom stereocenters. The highest BCUT2D eigenvalue weighted by molar-refractivity contribution is 6.05. The van der Waals surface area contributed by atoms with Crippen LogP contribution in [0.5, 0.6) is 0 Å². The van der Waals surface area contributed by atoms with Crippen LogP contribution in [0.1, 0.15) is 60.9 Å². The van der Waals surface area contributed by atoms with Crippen LogP contribution in [-0.2, 0) is 5.41 Å². The van der Waals surface area contributed by atoms with E-state index in [0.29, 0.717) is 11.1 Å². The van der Waals surface area contributed by atoms with Crippen LogP contribution >= 0.6 is 0 Å². The van der Waals surface area contributed by atoms with Crippen LogP contribution in [0, 0.1) is 0 Å². The molecule has 2 amide bonds. The number of anilines is 1. The first-order chi connectivity index (χ1) is 11.7. The van der Waals surface area contributed by atoms with Crippen molar-refractivity contribution in [3.8, 4) is 0 Å². The van der Waals surface area contributed by atoms with E-state index < -0.39 is 0 Å². The third-order valence-electron chi connectivity index (χ3n) is 3.84. The van der Waals surface area contributed by atoms with Crippen LogP contribution in [0.15, 0.2) is 48.5 Å². The molecule has 2 rings (SSSR count). The van der Waals surface area contributed by atoms with E-state index in [9.17, 15) is 9.59 Å². The summed E-state index contributed by atoms with van der Waals surface area (Å²) in [5.74, 6) is -0.334. The molecule has 2 aromatic carbocycles. The van der Waals surface area contributed by atoms with Gasteiger partial charge in [0.15, 0.2) is 0 Å². The zero-order chi connectivity index (χ0) is 18.6. The number of hydrogen-bond donors (Lipinski definition) is 2. The van der Waals surface area contributed by atoms with E-state index in [1.54, 1.807) is 24.3 Å². The Labute approximate surface area is 149 Å². The van der Waals surface area contributed by atoms with Gasteiger partial charge in [0, 0.05) is 22.9 Å². The third kappa shape index (κ3) is 5.18. The summed E-state index contributed by atoms with van der Waals surface area (Å²) in [4.78, 5) is 24.3. The molecule has 0 radical (unpaired) electrons. The van der Waals surface area contributed by atoms with Crippen molar-refractivity contribution in [2.75, 3.05) is 5.32 Å². The lowest BCUT2D eigenvalue weighted by atomic mass is 9.87. The van der Waals surface area contributed by atoms with Gasteiger partial charge < -0.3 is 10.6 Å².